The number of aryl methyl sites for hydroxylation is 1. The number of hydrogen-bond donors (Lipinski definition) is 2. The summed E-state index contributed by atoms with van der Waals surface area (Å²) in [4.78, 5) is 14.4. The van der Waals surface area contributed by atoms with Gasteiger partial charge in [-0.05, 0) is 62.1 Å². The van der Waals surface area contributed by atoms with Gasteiger partial charge in [-0.15, -0.1) is 0 Å². The summed E-state index contributed by atoms with van der Waals surface area (Å²) in [5, 5.41) is 5.85. The number of halogens is 1. The molecule has 26 heavy (non-hydrogen) atoms. The minimum absolute atomic E-state index is 0.162. The van der Waals surface area contributed by atoms with Crippen molar-refractivity contribution in [2.24, 2.45) is 5.92 Å². The van der Waals surface area contributed by atoms with Gasteiger partial charge in [0.1, 0.15) is 5.82 Å². The van der Waals surface area contributed by atoms with Crippen LogP contribution in [0.4, 0.5) is 14.9 Å². The molecule has 5 heteroatoms. The van der Waals surface area contributed by atoms with Crippen LogP contribution in [0.2, 0.25) is 0 Å². The van der Waals surface area contributed by atoms with Crippen molar-refractivity contribution in [2.45, 2.75) is 26.3 Å². The highest BCUT2D eigenvalue weighted by Crippen LogP contribution is 2.18. The van der Waals surface area contributed by atoms with E-state index >= 15 is 0 Å². The average Bonchev–Trinajstić information content (AvgIpc) is 2.64. The van der Waals surface area contributed by atoms with Crippen molar-refractivity contribution in [1.82, 2.24) is 10.2 Å². The molecule has 2 amide bonds. The standard InChI is InChI=1S/C21H26FN3O/c1-16-4-10-20(11-5-16)24-21(26)23-13-18-3-2-12-25(15-18)14-17-6-8-19(22)9-7-17/h4-11,18H,2-3,12-15H2,1H3,(H2,23,24,26). The molecule has 4 nitrogen and oxygen atoms in total. The van der Waals surface area contributed by atoms with Crippen molar-refractivity contribution in [3.05, 3.63) is 65.5 Å². The topological polar surface area (TPSA) is 44.4 Å². The molecule has 0 bridgehead atoms. The highest BCUT2D eigenvalue weighted by Gasteiger charge is 2.20. The van der Waals surface area contributed by atoms with Crippen molar-refractivity contribution in [3.63, 3.8) is 0 Å². The van der Waals surface area contributed by atoms with Gasteiger partial charge < -0.3 is 10.6 Å². The monoisotopic (exact) mass is 355 g/mol. The van der Waals surface area contributed by atoms with Crippen molar-refractivity contribution in [3.8, 4) is 0 Å². The summed E-state index contributed by atoms with van der Waals surface area (Å²) in [6.45, 7) is 5.50. The first-order valence-corrected chi connectivity index (χ1v) is 9.17. The molecule has 1 saturated heterocycles. The first-order valence-electron chi connectivity index (χ1n) is 9.17. The van der Waals surface area contributed by atoms with E-state index in [1.54, 1.807) is 0 Å². The number of anilines is 1. The maximum Gasteiger partial charge on any atom is 0.319 e. The molecule has 138 valence electrons. The number of piperidine rings is 1. The normalized spacial score (nSPS) is 17.7. The number of rotatable bonds is 5. The number of amides is 2. The molecule has 1 fully saturated rings. The van der Waals surface area contributed by atoms with E-state index in [0.29, 0.717) is 12.5 Å². The van der Waals surface area contributed by atoms with Gasteiger partial charge in [0.25, 0.3) is 0 Å². The van der Waals surface area contributed by atoms with E-state index in [1.807, 2.05) is 43.3 Å². The Hall–Kier alpha value is -2.40. The number of nitrogens with one attached hydrogen (secondary N) is 2. The Kier molecular flexibility index (Phi) is 6.23. The van der Waals surface area contributed by atoms with Crippen molar-refractivity contribution < 1.29 is 9.18 Å². The molecule has 0 aliphatic carbocycles. The Morgan fingerprint density at radius 1 is 1.15 bits per heavy atom. The number of nitrogens with zero attached hydrogens (tertiary/aromatic N) is 1. The number of urea groups is 1. The summed E-state index contributed by atoms with van der Waals surface area (Å²) in [6.07, 6.45) is 2.23. The Bertz CT molecular complexity index is 715. The molecule has 2 N–H and O–H groups in total. The predicted octanol–water partition coefficient (Wildman–Crippen LogP) is 4.17. The van der Waals surface area contributed by atoms with Crippen LogP contribution in [0.3, 0.4) is 0 Å². The van der Waals surface area contributed by atoms with Crippen LogP contribution in [0.5, 0.6) is 0 Å². The summed E-state index contributed by atoms with van der Waals surface area (Å²) in [6, 6.07) is 14.3. The van der Waals surface area contributed by atoms with Gasteiger partial charge in [-0.3, -0.25) is 4.90 Å². The van der Waals surface area contributed by atoms with Gasteiger partial charge >= 0.3 is 6.03 Å². The van der Waals surface area contributed by atoms with Crippen LogP contribution >= 0.6 is 0 Å². The molecule has 1 aliphatic rings. The number of carbonyl (C=O) groups is 1. The molecule has 0 saturated carbocycles. The second kappa shape index (κ2) is 8.81. The van der Waals surface area contributed by atoms with Crippen LogP contribution in [0.1, 0.15) is 24.0 Å². The van der Waals surface area contributed by atoms with Crippen LogP contribution in [0.15, 0.2) is 48.5 Å². The zero-order valence-corrected chi connectivity index (χ0v) is 15.2. The average molecular weight is 355 g/mol. The molecule has 1 aliphatic heterocycles. The molecule has 0 aromatic heterocycles. The van der Waals surface area contributed by atoms with Gasteiger partial charge in [-0.2, -0.15) is 0 Å². The van der Waals surface area contributed by atoms with Crippen molar-refractivity contribution in [1.29, 1.82) is 0 Å². The summed E-state index contributed by atoms with van der Waals surface area (Å²) in [7, 11) is 0. The van der Waals surface area contributed by atoms with E-state index in [9.17, 15) is 9.18 Å². The molecular weight excluding hydrogens is 329 g/mol. The minimum Gasteiger partial charge on any atom is -0.338 e. The van der Waals surface area contributed by atoms with Crippen LogP contribution in [-0.2, 0) is 6.54 Å². The second-order valence-corrected chi connectivity index (χ2v) is 7.07. The van der Waals surface area contributed by atoms with E-state index in [2.05, 4.69) is 15.5 Å². The van der Waals surface area contributed by atoms with E-state index in [-0.39, 0.29) is 11.8 Å². The number of likely N-dealkylation sites (tertiary alicyclic amines) is 1. The molecule has 2 aromatic rings. The Labute approximate surface area is 154 Å². The lowest BCUT2D eigenvalue weighted by Gasteiger charge is -2.32. The molecule has 1 unspecified atom stereocenters. The van der Waals surface area contributed by atoms with Gasteiger partial charge in [0.15, 0.2) is 0 Å². The predicted molar refractivity (Wildman–Crippen MR) is 103 cm³/mol. The van der Waals surface area contributed by atoms with Gasteiger partial charge in [-0.1, -0.05) is 29.8 Å². The van der Waals surface area contributed by atoms with E-state index in [4.69, 9.17) is 0 Å². The maximum absolute atomic E-state index is 13.0. The van der Waals surface area contributed by atoms with Crippen molar-refractivity contribution in [2.75, 3.05) is 25.0 Å². The Morgan fingerprint density at radius 3 is 2.62 bits per heavy atom. The largest absolute Gasteiger partial charge is 0.338 e. The second-order valence-electron chi connectivity index (χ2n) is 7.07. The van der Waals surface area contributed by atoms with Gasteiger partial charge in [0.05, 0.1) is 0 Å². The maximum atomic E-state index is 13.0. The minimum atomic E-state index is -0.200. The number of benzene rings is 2. The van der Waals surface area contributed by atoms with E-state index in [1.165, 1.54) is 17.7 Å². The van der Waals surface area contributed by atoms with Crippen LogP contribution in [0, 0.1) is 18.7 Å². The lowest BCUT2D eigenvalue weighted by atomic mass is 9.97. The summed E-state index contributed by atoms with van der Waals surface area (Å²) >= 11 is 0. The lowest BCUT2D eigenvalue weighted by molar-refractivity contribution is 0.166. The van der Waals surface area contributed by atoms with Crippen molar-refractivity contribution >= 4 is 11.7 Å². The van der Waals surface area contributed by atoms with Crippen LogP contribution in [0.25, 0.3) is 0 Å². The fourth-order valence-corrected chi connectivity index (χ4v) is 3.36. The Balaban J connectivity index is 1.43. The molecule has 0 spiro atoms. The third-order valence-electron chi connectivity index (χ3n) is 4.78. The van der Waals surface area contributed by atoms with Gasteiger partial charge in [0.2, 0.25) is 0 Å². The quantitative estimate of drug-likeness (QED) is 0.845. The van der Waals surface area contributed by atoms with Crippen LogP contribution < -0.4 is 10.6 Å². The highest BCUT2D eigenvalue weighted by atomic mass is 19.1. The zero-order valence-electron chi connectivity index (χ0n) is 15.2. The molecule has 2 aromatic carbocycles. The summed E-state index contributed by atoms with van der Waals surface area (Å²) in [5.74, 6) is 0.238. The first kappa shape index (κ1) is 18.4. The third-order valence-corrected chi connectivity index (χ3v) is 4.78. The van der Waals surface area contributed by atoms with E-state index in [0.717, 1.165) is 43.7 Å². The molecular formula is C21H26FN3O. The smallest absolute Gasteiger partial charge is 0.319 e. The number of carbonyl (C=O) groups excluding carboxylic acids is 1. The van der Waals surface area contributed by atoms with Gasteiger partial charge in [0, 0.05) is 25.3 Å². The fraction of sp³-hybridized carbons (Fsp3) is 0.381. The molecule has 1 heterocycles. The molecule has 0 radical (unpaired) electrons. The molecule has 1 atom stereocenters. The Morgan fingerprint density at radius 2 is 1.88 bits per heavy atom. The molecule has 3 rings (SSSR count). The summed E-state index contributed by atoms with van der Waals surface area (Å²) < 4.78 is 13.0. The summed E-state index contributed by atoms with van der Waals surface area (Å²) in [5.41, 5.74) is 3.09. The lowest BCUT2D eigenvalue weighted by Crippen LogP contribution is -2.41. The number of hydrogen-bond acceptors (Lipinski definition) is 2. The zero-order chi connectivity index (χ0) is 18.4. The highest BCUT2D eigenvalue weighted by molar-refractivity contribution is 5.89. The SMILES string of the molecule is Cc1ccc(NC(=O)NCC2CCCN(Cc3ccc(F)cc3)C2)cc1. The van der Waals surface area contributed by atoms with Gasteiger partial charge in [-0.25, -0.2) is 9.18 Å². The fourth-order valence-electron chi connectivity index (χ4n) is 3.36. The van der Waals surface area contributed by atoms with Crippen LogP contribution in [-0.4, -0.2) is 30.6 Å². The van der Waals surface area contributed by atoms with E-state index < -0.39 is 0 Å². The third kappa shape index (κ3) is 5.56. The first-order chi connectivity index (χ1) is 12.6.